The predicted octanol–water partition coefficient (Wildman–Crippen LogP) is 0.957. The Hall–Kier alpha value is -0.920. The molecule has 1 aromatic rings. The quantitative estimate of drug-likeness (QED) is 0.831. The molecule has 0 aromatic heterocycles. The second-order valence-corrected chi connectivity index (χ2v) is 7.31. The molecule has 0 aliphatic heterocycles. The maximum atomic E-state index is 11.8. The first-order chi connectivity index (χ1) is 8.87. The highest BCUT2D eigenvalue weighted by atomic mass is 79.9. The maximum Gasteiger partial charge on any atom is 0.223 e. The molecular formula is C12H15BrN2O3S. The monoisotopic (exact) mass is 346 g/mol. The molecule has 0 bridgehead atoms. The summed E-state index contributed by atoms with van der Waals surface area (Å²) in [5.41, 5.74) is 1.13. The fourth-order valence-corrected chi connectivity index (χ4v) is 2.66. The van der Waals surface area contributed by atoms with Crippen LogP contribution >= 0.6 is 15.9 Å². The van der Waals surface area contributed by atoms with Crippen molar-refractivity contribution in [3.8, 4) is 0 Å². The van der Waals surface area contributed by atoms with Gasteiger partial charge in [-0.1, -0.05) is 28.1 Å². The molecule has 0 radical (unpaired) electrons. The van der Waals surface area contributed by atoms with Gasteiger partial charge in [-0.15, -0.1) is 0 Å². The molecule has 0 unspecified atom stereocenters. The van der Waals surface area contributed by atoms with Crippen molar-refractivity contribution in [2.45, 2.75) is 12.3 Å². The van der Waals surface area contributed by atoms with Crippen LogP contribution in [0.2, 0.25) is 0 Å². The molecular weight excluding hydrogens is 332 g/mol. The highest BCUT2D eigenvalue weighted by molar-refractivity contribution is 9.10. The van der Waals surface area contributed by atoms with E-state index in [0.29, 0.717) is 0 Å². The van der Waals surface area contributed by atoms with E-state index in [9.17, 15) is 13.2 Å². The molecule has 1 fully saturated rings. The van der Waals surface area contributed by atoms with Gasteiger partial charge in [0, 0.05) is 16.9 Å². The standard InChI is InChI=1S/C12H15BrN2O3S/c13-9-3-1-8(2-4-9)10-7-11(10)12(16)15-5-6-19(14,17)18/h1-4,10-11H,5-7H2,(H,15,16)(H2,14,17,18)/t10-,11-/m0/s1. The van der Waals surface area contributed by atoms with Gasteiger partial charge in [0.25, 0.3) is 0 Å². The number of amides is 1. The number of carbonyl (C=O) groups is 1. The van der Waals surface area contributed by atoms with Gasteiger partial charge in [-0.2, -0.15) is 0 Å². The summed E-state index contributed by atoms with van der Waals surface area (Å²) in [6.07, 6.45) is 0.808. The minimum Gasteiger partial charge on any atom is -0.355 e. The van der Waals surface area contributed by atoms with Gasteiger partial charge in [-0.25, -0.2) is 13.6 Å². The summed E-state index contributed by atoms with van der Waals surface area (Å²) in [5, 5.41) is 7.47. The van der Waals surface area contributed by atoms with Gasteiger partial charge in [0.15, 0.2) is 0 Å². The molecule has 19 heavy (non-hydrogen) atoms. The first-order valence-corrected chi connectivity index (χ1v) is 8.41. The highest BCUT2D eigenvalue weighted by Crippen LogP contribution is 2.47. The fraction of sp³-hybridized carbons (Fsp3) is 0.417. The van der Waals surface area contributed by atoms with Crippen LogP contribution in [0.3, 0.4) is 0 Å². The van der Waals surface area contributed by atoms with Crippen molar-refractivity contribution in [2.75, 3.05) is 12.3 Å². The van der Waals surface area contributed by atoms with Crippen LogP contribution in [0.4, 0.5) is 0 Å². The summed E-state index contributed by atoms with van der Waals surface area (Å²) in [6.45, 7) is 0.0707. The maximum absolute atomic E-state index is 11.8. The average molecular weight is 347 g/mol. The van der Waals surface area contributed by atoms with Crippen molar-refractivity contribution in [2.24, 2.45) is 11.1 Å². The largest absolute Gasteiger partial charge is 0.355 e. The number of hydrogen-bond donors (Lipinski definition) is 2. The van der Waals surface area contributed by atoms with E-state index in [1.807, 2.05) is 24.3 Å². The Balaban J connectivity index is 1.82. The summed E-state index contributed by atoms with van der Waals surface area (Å²) < 4.78 is 22.5. The summed E-state index contributed by atoms with van der Waals surface area (Å²) in [4.78, 5) is 11.8. The number of nitrogens with two attached hydrogens (primary N) is 1. The van der Waals surface area contributed by atoms with Crippen molar-refractivity contribution in [3.63, 3.8) is 0 Å². The van der Waals surface area contributed by atoms with Gasteiger partial charge in [-0.3, -0.25) is 4.79 Å². The minimum absolute atomic E-state index is 0.0540. The molecule has 0 heterocycles. The van der Waals surface area contributed by atoms with Crippen LogP contribution in [-0.4, -0.2) is 26.6 Å². The van der Waals surface area contributed by atoms with Crippen molar-refractivity contribution in [1.82, 2.24) is 5.32 Å². The lowest BCUT2D eigenvalue weighted by molar-refractivity contribution is -0.122. The van der Waals surface area contributed by atoms with E-state index in [1.165, 1.54) is 0 Å². The van der Waals surface area contributed by atoms with E-state index in [0.717, 1.165) is 16.5 Å². The molecule has 104 valence electrons. The Morgan fingerprint density at radius 3 is 2.58 bits per heavy atom. The lowest BCUT2D eigenvalue weighted by atomic mass is 10.1. The lowest BCUT2D eigenvalue weighted by Crippen LogP contribution is -2.32. The lowest BCUT2D eigenvalue weighted by Gasteiger charge is -2.04. The highest BCUT2D eigenvalue weighted by Gasteiger charge is 2.43. The van der Waals surface area contributed by atoms with Gasteiger partial charge >= 0.3 is 0 Å². The second kappa shape index (κ2) is 5.60. The molecule has 1 amide bonds. The Morgan fingerprint density at radius 1 is 1.37 bits per heavy atom. The first-order valence-electron chi connectivity index (χ1n) is 5.90. The van der Waals surface area contributed by atoms with Crippen LogP contribution < -0.4 is 10.5 Å². The van der Waals surface area contributed by atoms with Crippen LogP contribution in [0, 0.1) is 5.92 Å². The molecule has 3 N–H and O–H groups in total. The summed E-state index contributed by atoms with van der Waals surface area (Å²) >= 11 is 3.36. The van der Waals surface area contributed by atoms with E-state index in [2.05, 4.69) is 21.2 Å². The van der Waals surface area contributed by atoms with Gasteiger partial charge < -0.3 is 5.32 Å². The average Bonchev–Trinajstić information content (AvgIpc) is 3.08. The molecule has 2 rings (SSSR count). The van der Waals surface area contributed by atoms with E-state index < -0.39 is 10.0 Å². The van der Waals surface area contributed by atoms with Crippen molar-refractivity contribution < 1.29 is 13.2 Å². The third kappa shape index (κ3) is 4.29. The minimum atomic E-state index is -3.52. The normalized spacial score (nSPS) is 22.0. The number of carbonyl (C=O) groups excluding carboxylic acids is 1. The van der Waals surface area contributed by atoms with E-state index in [1.54, 1.807) is 0 Å². The van der Waals surface area contributed by atoms with Crippen molar-refractivity contribution in [1.29, 1.82) is 0 Å². The Bertz CT molecular complexity index is 571. The van der Waals surface area contributed by atoms with Gasteiger partial charge in [0.1, 0.15) is 0 Å². The third-order valence-electron chi connectivity index (χ3n) is 3.11. The summed E-state index contributed by atoms with van der Waals surface area (Å²) in [7, 11) is -3.52. The first kappa shape index (κ1) is 14.5. The van der Waals surface area contributed by atoms with E-state index in [-0.39, 0.29) is 30.0 Å². The zero-order valence-electron chi connectivity index (χ0n) is 10.2. The number of nitrogens with one attached hydrogen (secondary N) is 1. The fourth-order valence-electron chi connectivity index (χ4n) is 2.01. The zero-order chi connectivity index (χ0) is 14.0. The van der Waals surface area contributed by atoms with Gasteiger partial charge in [-0.05, 0) is 30.0 Å². The van der Waals surface area contributed by atoms with E-state index in [4.69, 9.17) is 5.14 Å². The van der Waals surface area contributed by atoms with Crippen LogP contribution in [0.15, 0.2) is 28.7 Å². The Morgan fingerprint density at radius 2 is 2.00 bits per heavy atom. The molecule has 2 atom stereocenters. The Kier molecular flexibility index (Phi) is 4.27. The SMILES string of the molecule is NS(=O)(=O)CCNC(=O)[C@H]1C[C@H]1c1ccc(Br)cc1. The smallest absolute Gasteiger partial charge is 0.223 e. The second-order valence-electron chi connectivity index (χ2n) is 4.66. The summed E-state index contributed by atoms with van der Waals surface area (Å²) in [6, 6.07) is 7.88. The zero-order valence-corrected chi connectivity index (χ0v) is 12.6. The van der Waals surface area contributed by atoms with Crippen LogP contribution in [0.25, 0.3) is 0 Å². The van der Waals surface area contributed by atoms with Crippen LogP contribution in [-0.2, 0) is 14.8 Å². The third-order valence-corrected chi connectivity index (χ3v) is 4.41. The van der Waals surface area contributed by atoms with E-state index >= 15 is 0 Å². The van der Waals surface area contributed by atoms with Crippen molar-refractivity contribution >= 4 is 31.9 Å². The molecule has 0 spiro atoms. The van der Waals surface area contributed by atoms with Crippen molar-refractivity contribution in [3.05, 3.63) is 34.3 Å². The number of primary sulfonamides is 1. The van der Waals surface area contributed by atoms with Gasteiger partial charge in [0.2, 0.25) is 15.9 Å². The molecule has 5 nitrogen and oxygen atoms in total. The molecule has 7 heteroatoms. The Labute approximate surface area is 120 Å². The molecule has 1 aliphatic rings. The molecule has 1 aromatic carbocycles. The topological polar surface area (TPSA) is 89.3 Å². The number of hydrogen-bond acceptors (Lipinski definition) is 3. The van der Waals surface area contributed by atoms with Crippen LogP contribution in [0.5, 0.6) is 0 Å². The molecule has 1 saturated carbocycles. The number of halogens is 1. The number of benzene rings is 1. The number of sulfonamides is 1. The molecule has 1 aliphatic carbocycles. The molecule has 0 saturated heterocycles. The summed E-state index contributed by atoms with van der Waals surface area (Å²) in [5.74, 6) is -0.144. The predicted molar refractivity (Wildman–Crippen MR) is 76.0 cm³/mol. The number of rotatable bonds is 5. The van der Waals surface area contributed by atoms with Gasteiger partial charge in [0.05, 0.1) is 5.75 Å². The van der Waals surface area contributed by atoms with Crippen LogP contribution in [0.1, 0.15) is 17.9 Å².